The molecule has 1 aliphatic rings. The van der Waals surface area contributed by atoms with Crippen molar-refractivity contribution in [2.45, 2.75) is 0 Å². The van der Waals surface area contributed by atoms with E-state index in [9.17, 15) is 0 Å². The summed E-state index contributed by atoms with van der Waals surface area (Å²) in [7, 11) is 0. The van der Waals surface area contributed by atoms with Crippen molar-refractivity contribution in [3.63, 3.8) is 0 Å². The molecule has 1 aliphatic carbocycles. The Labute approximate surface area is 528 Å². The minimum absolute atomic E-state index is 0.687. The highest BCUT2D eigenvalue weighted by Crippen LogP contribution is 2.52. The standard InChI is InChI=1S/C86H52N6/c1-4-20-54(21-5-1)86-87-84(83-70-32-18-22-53-23-19-33-71(82(53)70)85(83)88-86)59-46-62(91-74-34-14-10-28-64(74)68-42-38-57(50-80(68)91)55-40-44-78-72(48-55)66-30-12-16-36-76(66)89(78)60-24-6-2-7-25-60)52-63(47-59)92-75-35-15-11-29-65(75)69-43-39-58(51-81(69)92)56-41-45-79-73(49-56)67-31-13-17-37-77(67)90(79)61-26-8-3-9-27-61/h1-52H. The number of hydrogen-bond acceptors (Lipinski definition) is 2. The van der Waals surface area contributed by atoms with Crippen LogP contribution in [0.4, 0.5) is 0 Å². The molecule has 0 aliphatic heterocycles. The van der Waals surface area contributed by atoms with Gasteiger partial charge in [-0.15, -0.1) is 0 Å². The van der Waals surface area contributed by atoms with Gasteiger partial charge in [-0.3, -0.25) is 0 Å². The zero-order valence-corrected chi connectivity index (χ0v) is 49.7. The number of fused-ring (bicyclic) bond motifs is 15. The van der Waals surface area contributed by atoms with Crippen LogP contribution in [-0.2, 0) is 0 Å². The highest BCUT2D eigenvalue weighted by atomic mass is 15.0. The van der Waals surface area contributed by atoms with Crippen LogP contribution in [0.3, 0.4) is 0 Å². The average Bonchev–Trinajstić information content (AvgIpc) is 1.57. The van der Waals surface area contributed by atoms with Crippen molar-refractivity contribution in [2.75, 3.05) is 0 Å². The van der Waals surface area contributed by atoms with Crippen LogP contribution in [0.5, 0.6) is 0 Å². The van der Waals surface area contributed by atoms with Gasteiger partial charge in [0.15, 0.2) is 5.82 Å². The van der Waals surface area contributed by atoms with Gasteiger partial charge < -0.3 is 18.3 Å². The number of benzene rings is 14. The molecule has 0 spiro atoms. The molecule has 5 aromatic heterocycles. The van der Waals surface area contributed by atoms with Crippen LogP contribution >= 0.6 is 0 Å². The molecular formula is C86H52N6. The van der Waals surface area contributed by atoms with E-state index in [1.54, 1.807) is 0 Å². The summed E-state index contributed by atoms with van der Waals surface area (Å²) >= 11 is 0. The summed E-state index contributed by atoms with van der Waals surface area (Å²) in [6.07, 6.45) is 0. The zero-order chi connectivity index (χ0) is 60.1. The molecule has 426 valence electrons. The molecule has 6 heteroatoms. The minimum atomic E-state index is 0.687. The molecule has 5 heterocycles. The van der Waals surface area contributed by atoms with Gasteiger partial charge >= 0.3 is 0 Å². The molecule has 19 aromatic rings. The first-order chi connectivity index (χ1) is 45.6. The second-order valence-corrected chi connectivity index (χ2v) is 24.4. The largest absolute Gasteiger partial charge is 0.309 e. The number of aromatic nitrogens is 6. The molecule has 0 unspecified atom stereocenters. The maximum Gasteiger partial charge on any atom is 0.160 e. The van der Waals surface area contributed by atoms with Crippen molar-refractivity contribution >= 4 is 98.0 Å². The van der Waals surface area contributed by atoms with Gasteiger partial charge in [0.05, 0.1) is 55.5 Å². The smallest absolute Gasteiger partial charge is 0.160 e. The van der Waals surface area contributed by atoms with Crippen molar-refractivity contribution in [2.24, 2.45) is 0 Å². The van der Waals surface area contributed by atoms with Gasteiger partial charge in [-0.25, -0.2) is 9.97 Å². The lowest BCUT2D eigenvalue weighted by Gasteiger charge is -2.18. The molecule has 92 heavy (non-hydrogen) atoms. The first-order valence-corrected chi connectivity index (χ1v) is 31.5. The molecule has 0 atom stereocenters. The summed E-state index contributed by atoms with van der Waals surface area (Å²) in [6.45, 7) is 0. The van der Waals surface area contributed by atoms with E-state index in [2.05, 4.69) is 334 Å². The molecule has 14 aromatic carbocycles. The Morgan fingerprint density at radius 1 is 0.207 bits per heavy atom. The summed E-state index contributed by atoms with van der Waals surface area (Å²) in [5, 5.41) is 12.0. The lowest BCUT2D eigenvalue weighted by atomic mass is 9.98. The third-order valence-corrected chi connectivity index (χ3v) is 19.5. The van der Waals surface area contributed by atoms with Gasteiger partial charge in [-0.05, 0) is 142 Å². The number of rotatable bonds is 8. The lowest BCUT2D eigenvalue weighted by Crippen LogP contribution is -2.02. The molecule has 0 radical (unpaired) electrons. The lowest BCUT2D eigenvalue weighted by molar-refractivity contribution is 1.13. The number of hydrogen-bond donors (Lipinski definition) is 0. The van der Waals surface area contributed by atoms with E-state index >= 15 is 0 Å². The second-order valence-electron chi connectivity index (χ2n) is 24.4. The van der Waals surface area contributed by atoms with Gasteiger partial charge in [0, 0.05) is 88.1 Å². The maximum absolute atomic E-state index is 5.76. The van der Waals surface area contributed by atoms with Crippen molar-refractivity contribution in [3.05, 3.63) is 315 Å². The van der Waals surface area contributed by atoms with E-state index in [-0.39, 0.29) is 0 Å². The Morgan fingerprint density at radius 2 is 0.587 bits per heavy atom. The minimum Gasteiger partial charge on any atom is -0.309 e. The van der Waals surface area contributed by atoms with Crippen molar-refractivity contribution in [3.8, 4) is 90.0 Å². The number of para-hydroxylation sites is 6. The van der Waals surface area contributed by atoms with Crippen LogP contribution in [-0.4, -0.2) is 28.2 Å². The second kappa shape index (κ2) is 19.6. The Morgan fingerprint density at radius 3 is 1.09 bits per heavy atom. The molecule has 0 saturated heterocycles. The molecule has 0 fully saturated rings. The maximum atomic E-state index is 5.76. The quantitative estimate of drug-likeness (QED) is 0.152. The summed E-state index contributed by atoms with van der Waals surface area (Å²) in [6, 6.07) is 116. The van der Waals surface area contributed by atoms with Gasteiger partial charge in [-0.2, -0.15) is 0 Å². The fraction of sp³-hybridized carbons (Fsp3) is 0. The van der Waals surface area contributed by atoms with Gasteiger partial charge in [0.2, 0.25) is 0 Å². The van der Waals surface area contributed by atoms with Crippen LogP contribution in [0.15, 0.2) is 315 Å². The summed E-state index contributed by atoms with van der Waals surface area (Å²) in [4.78, 5) is 11.3. The van der Waals surface area contributed by atoms with E-state index in [0.717, 1.165) is 106 Å². The van der Waals surface area contributed by atoms with Crippen LogP contribution in [0.1, 0.15) is 0 Å². The first-order valence-electron chi connectivity index (χ1n) is 31.5. The monoisotopic (exact) mass is 1170 g/mol. The molecule has 20 rings (SSSR count). The molecular weight excluding hydrogens is 1120 g/mol. The van der Waals surface area contributed by atoms with E-state index in [1.165, 1.54) is 75.9 Å². The van der Waals surface area contributed by atoms with E-state index < -0.39 is 0 Å². The third kappa shape index (κ3) is 7.43. The Balaban J connectivity index is 0.850. The number of nitrogens with zero attached hydrogens (tertiary/aromatic N) is 6. The van der Waals surface area contributed by atoms with Crippen LogP contribution in [0.2, 0.25) is 0 Å². The van der Waals surface area contributed by atoms with Gasteiger partial charge in [0.25, 0.3) is 0 Å². The summed E-state index contributed by atoms with van der Waals surface area (Å²) < 4.78 is 9.77. The zero-order valence-electron chi connectivity index (χ0n) is 49.7. The molecule has 0 amide bonds. The predicted octanol–water partition coefficient (Wildman–Crippen LogP) is 22.3. The van der Waals surface area contributed by atoms with Crippen LogP contribution in [0.25, 0.3) is 188 Å². The summed E-state index contributed by atoms with van der Waals surface area (Å²) in [5.74, 6) is 0.687. The molecule has 0 bridgehead atoms. The van der Waals surface area contributed by atoms with E-state index in [1.807, 2.05) is 0 Å². The highest BCUT2D eigenvalue weighted by molar-refractivity contribution is 6.18. The molecule has 6 nitrogen and oxygen atoms in total. The van der Waals surface area contributed by atoms with Crippen molar-refractivity contribution in [1.82, 2.24) is 28.2 Å². The van der Waals surface area contributed by atoms with E-state index in [4.69, 9.17) is 9.97 Å². The average molecular weight is 1170 g/mol. The van der Waals surface area contributed by atoms with Crippen molar-refractivity contribution in [1.29, 1.82) is 0 Å². The topological polar surface area (TPSA) is 45.5 Å². The van der Waals surface area contributed by atoms with Crippen LogP contribution < -0.4 is 0 Å². The normalized spacial score (nSPS) is 12.1. The van der Waals surface area contributed by atoms with Gasteiger partial charge in [-0.1, -0.05) is 212 Å². The van der Waals surface area contributed by atoms with Crippen molar-refractivity contribution < 1.29 is 0 Å². The molecule has 0 saturated carbocycles. The molecule has 0 N–H and O–H groups in total. The Kier molecular flexibility index (Phi) is 10.8. The van der Waals surface area contributed by atoms with Crippen LogP contribution in [0, 0.1) is 0 Å². The fourth-order valence-corrected chi connectivity index (χ4v) is 15.4. The predicted molar refractivity (Wildman–Crippen MR) is 383 cm³/mol. The SMILES string of the molecule is c1ccc(-c2nc(-c3cc(-n4c5ccccc5c5ccc(-c6ccc7c(c6)c6ccccc6n7-c6ccccc6)cc54)cc(-n4c5ccccc5c5ccc(-c6ccc7c(c6)c6ccccc6n7-c6ccccc6)cc54)c3)c3c(n2)-c2cccc4cccc-3c24)cc1. The first kappa shape index (κ1) is 50.6. The Hall–Kier alpha value is -12.4. The Bertz CT molecular complexity index is 6000. The van der Waals surface area contributed by atoms with Gasteiger partial charge in [0.1, 0.15) is 0 Å². The van der Waals surface area contributed by atoms with E-state index in [0.29, 0.717) is 5.82 Å². The third-order valence-electron chi connectivity index (χ3n) is 19.5. The highest BCUT2D eigenvalue weighted by Gasteiger charge is 2.30. The summed E-state index contributed by atoms with van der Waals surface area (Å²) in [5.41, 5.74) is 25.2. The fourth-order valence-electron chi connectivity index (χ4n) is 15.4.